The van der Waals surface area contributed by atoms with Gasteiger partial charge in [0.15, 0.2) is 0 Å². The lowest BCUT2D eigenvalue weighted by Gasteiger charge is -2.20. The first-order valence-corrected chi connectivity index (χ1v) is 9.89. The van der Waals surface area contributed by atoms with Crippen molar-refractivity contribution in [1.29, 1.82) is 0 Å². The van der Waals surface area contributed by atoms with Gasteiger partial charge in [0.1, 0.15) is 17.1 Å². The molecule has 0 aliphatic heterocycles. The van der Waals surface area contributed by atoms with E-state index >= 15 is 0 Å². The highest BCUT2D eigenvalue weighted by Crippen LogP contribution is 2.38. The highest BCUT2D eigenvalue weighted by molar-refractivity contribution is 6.41. The molecule has 0 saturated carbocycles. The van der Waals surface area contributed by atoms with Gasteiger partial charge in [-0.25, -0.2) is 4.39 Å². The molecule has 4 aromatic rings. The van der Waals surface area contributed by atoms with E-state index in [1.807, 2.05) is 18.2 Å². The number of aromatic hydroxyl groups is 1. The predicted molar refractivity (Wildman–Crippen MR) is 115 cm³/mol. The predicted octanol–water partition coefficient (Wildman–Crippen LogP) is 6.81. The van der Waals surface area contributed by atoms with Crippen LogP contribution in [-0.4, -0.2) is 15.1 Å². The lowest BCUT2D eigenvalue weighted by Crippen LogP contribution is -2.08. The number of fused-ring (bicyclic) bond motifs is 1. The molecule has 146 valence electrons. The Balaban J connectivity index is 1.86. The molecule has 29 heavy (non-hydrogen) atoms. The summed E-state index contributed by atoms with van der Waals surface area (Å²) in [4.78, 5) is 8.61. The fourth-order valence-corrected chi connectivity index (χ4v) is 3.73. The molecule has 0 amide bonds. The summed E-state index contributed by atoms with van der Waals surface area (Å²) in [6, 6.07) is 13.6. The van der Waals surface area contributed by atoms with Gasteiger partial charge < -0.3 is 5.11 Å². The molecule has 0 spiro atoms. The van der Waals surface area contributed by atoms with Crippen LogP contribution in [0.5, 0.6) is 5.75 Å². The molecular formula is C22H14Cl3FN2O. The average molecular weight is 448 g/mol. The van der Waals surface area contributed by atoms with Crippen molar-refractivity contribution < 1.29 is 9.50 Å². The van der Waals surface area contributed by atoms with Crippen LogP contribution in [0.15, 0.2) is 60.9 Å². The lowest BCUT2D eigenvalue weighted by atomic mass is 9.86. The molecule has 1 unspecified atom stereocenters. The second-order valence-electron chi connectivity index (χ2n) is 6.60. The van der Waals surface area contributed by atoms with E-state index in [0.29, 0.717) is 38.8 Å². The highest BCUT2D eigenvalue weighted by atomic mass is 35.5. The fraction of sp³-hybridized carbons (Fsp3) is 0.0909. The third-order valence-electron chi connectivity index (χ3n) is 4.78. The molecule has 0 aliphatic rings. The number of halogens is 4. The molecule has 0 bridgehead atoms. The minimum absolute atomic E-state index is 0.0320. The Morgan fingerprint density at radius 1 is 0.931 bits per heavy atom. The minimum atomic E-state index is -0.533. The van der Waals surface area contributed by atoms with E-state index in [1.165, 1.54) is 18.3 Å². The molecule has 3 nitrogen and oxygen atoms in total. The van der Waals surface area contributed by atoms with Crippen molar-refractivity contribution in [3.05, 3.63) is 98.6 Å². The molecule has 0 aliphatic carbocycles. The topological polar surface area (TPSA) is 46.0 Å². The van der Waals surface area contributed by atoms with Crippen LogP contribution in [0.25, 0.3) is 10.9 Å². The van der Waals surface area contributed by atoms with Gasteiger partial charge >= 0.3 is 0 Å². The van der Waals surface area contributed by atoms with Crippen molar-refractivity contribution in [2.45, 2.75) is 12.3 Å². The van der Waals surface area contributed by atoms with Gasteiger partial charge in [-0.3, -0.25) is 9.97 Å². The Labute approximate surface area is 181 Å². The largest absolute Gasteiger partial charge is 0.505 e. The van der Waals surface area contributed by atoms with Crippen molar-refractivity contribution in [3.63, 3.8) is 0 Å². The first-order chi connectivity index (χ1) is 13.9. The standard InChI is InChI=1S/C22H14Cl3FN2O/c23-17-6-4-13(8-20(17)26)16(9-14-10-18(24)19(25)11-28-14)15-5-3-12-2-1-7-27-21(12)22(15)29/h1-8,10-11,16,29H,9H2. The molecule has 1 atom stereocenters. The first kappa shape index (κ1) is 19.9. The summed E-state index contributed by atoms with van der Waals surface area (Å²) in [5, 5.41) is 12.5. The summed E-state index contributed by atoms with van der Waals surface area (Å²) >= 11 is 18.0. The number of hydrogen-bond donors (Lipinski definition) is 1. The molecule has 4 rings (SSSR count). The molecule has 0 saturated heterocycles. The SMILES string of the molecule is Oc1c(C(Cc2cc(Cl)c(Cl)cn2)c2ccc(Cl)c(F)c2)ccc2cccnc12. The van der Waals surface area contributed by atoms with Gasteiger partial charge in [-0.15, -0.1) is 0 Å². The molecule has 7 heteroatoms. The van der Waals surface area contributed by atoms with Gasteiger partial charge in [0.2, 0.25) is 0 Å². The minimum Gasteiger partial charge on any atom is -0.505 e. The van der Waals surface area contributed by atoms with E-state index in [1.54, 1.807) is 24.4 Å². The van der Waals surface area contributed by atoms with Crippen LogP contribution in [0, 0.1) is 5.82 Å². The Bertz CT molecular complexity index is 1220. The Kier molecular flexibility index (Phi) is 5.59. The van der Waals surface area contributed by atoms with Gasteiger partial charge in [0, 0.05) is 41.4 Å². The molecule has 2 aromatic carbocycles. The Hall–Kier alpha value is -2.40. The van der Waals surface area contributed by atoms with Crippen LogP contribution in [0.1, 0.15) is 22.7 Å². The number of aromatic nitrogens is 2. The maximum atomic E-state index is 14.2. The van der Waals surface area contributed by atoms with Crippen molar-refractivity contribution in [2.75, 3.05) is 0 Å². The smallest absolute Gasteiger partial charge is 0.145 e. The Morgan fingerprint density at radius 3 is 2.52 bits per heavy atom. The molecule has 1 N–H and O–H groups in total. The summed E-state index contributed by atoms with van der Waals surface area (Å²) in [5.41, 5.74) is 2.38. The lowest BCUT2D eigenvalue weighted by molar-refractivity contribution is 0.469. The van der Waals surface area contributed by atoms with Gasteiger partial charge in [-0.1, -0.05) is 59.1 Å². The molecular weight excluding hydrogens is 434 g/mol. The summed E-state index contributed by atoms with van der Waals surface area (Å²) < 4.78 is 14.2. The summed E-state index contributed by atoms with van der Waals surface area (Å²) in [5.74, 6) is -0.892. The van der Waals surface area contributed by atoms with E-state index in [0.717, 1.165) is 5.39 Å². The quantitative estimate of drug-likeness (QED) is 0.374. The second kappa shape index (κ2) is 8.15. The summed E-state index contributed by atoms with van der Waals surface area (Å²) in [7, 11) is 0. The third kappa shape index (κ3) is 4.01. The van der Waals surface area contributed by atoms with Crippen LogP contribution in [0.3, 0.4) is 0 Å². The van der Waals surface area contributed by atoms with Gasteiger partial charge in [-0.05, 0) is 29.8 Å². The molecule has 2 aromatic heterocycles. The van der Waals surface area contributed by atoms with E-state index in [2.05, 4.69) is 9.97 Å². The van der Waals surface area contributed by atoms with Crippen LogP contribution >= 0.6 is 34.8 Å². The average Bonchev–Trinajstić information content (AvgIpc) is 2.72. The van der Waals surface area contributed by atoms with Crippen LogP contribution in [-0.2, 0) is 6.42 Å². The van der Waals surface area contributed by atoms with Gasteiger partial charge in [-0.2, -0.15) is 0 Å². The van der Waals surface area contributed by atoms with Crippen molar-refractivity contribution in [3.8, 4) is 5.75 Å². The summed E-state index contributed by atoms with van der Waals surface area (Å²) in [6.45, 7) is 0. The molecule has 2 heterocycles. The van der Waals surface area contributed by atoms with Crippen molar-refractivity contribution >= 4 is 45.7 Å². The second-order valence-corrected chi connectivity index (χ2v) is 7.82. The monoisotopic (exact) mass is 446 g/mol. The van der Waals surface area contributed by atoms with Crippen LogP contribution in [0.2, 0.25) is 15.1 Å². The molecule has 0 radical (unpaired) electrons. The van der Waals surface area contributed by atoms with Crippen LogP contribution in [0.4, 0.5) is 4.39 Å². The van der Waals surface area contributed by atoms with Gasteiger partial charge in [0.05, 0.1) is 15.1 Å². The van der Waals surface area contributed by atoms with Crippen LogP contribution < -0.4 is 0 Å². The summed E-state index contributed by atoms with van der Waals surface area (Å²) in [6.07, 6.45) is 3.45. The third-order valence-corrected chi connectivity index (χ3v) is 5.80. The van der Waals surface area contributed by atoms with E-state index < -0.39 is 11.7 Å². The molecule has 0 fully saturated rings. The van der Waals surface area contributed by atoms with E-state index in [4.69, 9.17) is 34.8 Å². The number of pyridine rings is 2. The maximum Gasteiger partial charge on any atom is 0.145 e. The maximum absolute atomic E-state index is 14.2. The zero-order valence-electron chi connectivity index (χ0n) is 14.9. The van der Waals surface area contributed by atoms with E-state index in [9.17, 15) is 9.50 Å². The van der Waals surface area contributed by atoms with Crippen molar-refractivity contribution in [2.24, 2.45) is 0 Å². The Morgan fingerprint density at radius 2 is 1.76 bits per heavy atom. The number of phenolic OH excluding ortho intramolecular Hbond substituents is 1. The number of nitrogens with zero attached hydrogens (tertiary/aromatic N) is 2. The zero-order chi connectivity index (χ0) is 20.5. The van der Waals surface area contributed by atoms with Crippen molar-refractivity contribution in [1.82, 2.24) is 9.97 Å². The van der Waals surface area contributed by atoms with E-state index in [-0.39, 0.29) is 10.8 Å². The fourth-order valence-electron chi connectivity index (χ4n) is 3.34. The normalized spacial score (nSPS) is 12.3. The number of hydrogen-bond acceptors (Lipinski definition) is 3. The number of phenols is 1. The first-order valence-electron chi connectivity index (χ1n) is 8.75. The van der Waals surface area contributed by atoms with Gasteiger partial charge in [0.25, 0.3) is 0 Å². The highest BCUT2D eigenvalue weighted by Gasteiger charge is 2.22. The number of rotatable bonds is 4. The zero-order valence-corrected chi connectivity index (χ0v) is 17.2. The number of benzene rings is 2.